The Labute approximate surface area is 129 Å². The minimum absolute atomic E-state index is 0.0771. The van der Waals surface area contributed by atoms with Gasteiger partial charge in [-0.3, -0.25) is 9.48 Å². The van der Waals surface area contributed by atoms with Gasteiger partial charge >= 0.3 is 0 Å². The van der Waals surface area contributed by atoms with Gasteiger partial charge in [0.2, 0.25) is 0 Å². The number of nitrogens with one attached hydrogen (secondary N) is 1. The van der Waals surface area contributed by atoms with E-state index in [0.717, 1.165) is 36.5 Å². The molecule has 0 aliphatic carbocycles. The lowest BCUT2D eigenvalue weighted by atomic mass is 9.96. The first-order chi connectivity index (χ1) is 10.1. The highest BCUT2D eigenvalue weighted by molar-refractivity contribution is 6.32. The highest BCUT2D eigenvalue weighted by Gasteiger charge is 2.17. The summed E-state index contributed by atoms with van der Waals surface area (Å²) in [5.74, 6) is 0.0771. The van der Waals surface area contributed by atoms with Crippen LogP contribution in [-0.2, 0) is 26.4 Å². The molecule has 0 saturated heterocycles. The maximum absolute atomic E-state index is 12.5. The van der Waals surface area contributed by atoms with Crippen molar-refractivity contribution in [3.05, 3.63) is 51.3 Å². The molecular formula is C16H18ClN3O. The van der Waals surface area contributed by atoms with Gasteiger partial charge in [0.1, 0.15) is 0 Å². The molecule has 0 unspecified atom stereocenters. The van der Waals surface area contributed by atoms with E-state index < -0.39 is 0 Å². The van der Waals surface area contributed by atoms with Crippen molar-refractivity contribution in [2.75, 3.05) is 6.54 Å². The predicted octanol–water partition coefficient (Wildman–Crippen LogP) is 2.45. The summed E-state index contributed by atoms with van der Waals surface area (Å²) in [6.45, 7) is 3.69. The molecule has 1 aromatic carbocycles. The van der Waals surface area contributed by atoms with Crippen LogP contribution in [0.5, 0.6) is 0 Å². The van der Waals surface area contributed by atoms with E-state index in [4.69, 9.17) is 11.6 Å². The molecule has 2 aromatic rings. The van der Waals surface area contributed by atoms with Gasteiger partial charge in [-0.2, -0.15) is 5.10 Å². The first-order valence-electron chi connectivity index (χ1n) is 7.10. The van der Waals surface area contributed by atoms with E-state index in [1.165, 1.54) is 11.1 Å². The third-order valence-electron chi connectivity index (χ3n) is 4.00. The average Bonchev–Trinajstić information content (AvgIpc) is 2.73. The molecule has 0 fully saturated rings. The zero-order valence-electron chi connectivity index (χ0n) is 12.2. The van der Waals surface area contributed by atoms with Crippen molar-refractivity contribution < 1.29 is 4.79 Å². The van der Waals surface area contributed by atoms with Gasteiger partial charge in [0.15, 0.2) is 5.78 Å². The molecule has 110 valence electrons. The van der Waals surface area contributed by atoms with Gasteiger partial charge in [-0.1, -0.05) is 23.7 Å². The number of benzene rings is 1. The molecule has 0 spiro atoms. The highest BCUT2D eigenvalue weighted by atomic mass is 35.5. The van der Waals surface area contributed by atoms with Gasteiger partial charge in [-0.25, -0.2) is 0 Å². The maximum atomic E-state index is 12.5. The first-order valence-corrected chi connectivity index (χ1v) is 7.47. The van der Waals surface area contributed by atoms with Gasteiger partial charge in [0.25, 0.3) is 0 Å². The van der Waals surface area contributed by atoms with Gasteiger partial charge in [0.05, 0.1) is 22.8 Å². The Hall–Kier alpha value is -1.65. The number of aryl methyl sites for hydroxylation is 2. The summed E-state index contributed by atoms with van der Waals surface area (Å²) in [5.41, 5.74) is 4.83. The van der Waals surface area contributed by atoms with Crippen LogP contribution in [0.2, 0.25) is 5.02 Å². The number of carbonyl (C=O) groups is 1. The van der Waals surface area contributed by atoms with Crippen molar-refractivity contribution in [3.63, 3.8) is 0 Å². The van der Waals surface area contributed by atoms with Crippen LogP contribution in [0.15, 0.2) is 18.2 Å². The van der Waals surface area contributed by atoms with Crippen molar-refractivity contribution in [3.8, 4) is 0 Å². The number of Topliss-reactive ketones (excluding diaryl/α,β-unsaturated/α-hetero) is 1. The lowest BCUT2D eigenvalue weighted by Crippen LogP contribution is -2.24. The number of carbonyl (C=O) groups excluding carboxylic acids is 1. The fourth-order valence-electron chi connectivity index (χ4n) is 2.78. The topological polar surface area (TPSA) is 46.9 Å². The van der Waals surface area contributed by atoms with Crippen LogP contribution >= 0.6 is 11.6 Å². The van der Waals surface area contributed by atoms with Crippen LogP contribution in [0.3, 0.4) is 0 Å². The van der Waals surface area contributed by atoms with Crippen molar-refractivity contribution in [1.29, 1.82) is 0 Å². The van der Waals surface area contributed by atoms with E-state index in [-0.39, 0.29) is 12.2 Å². The fraction of sp³-hybridized carbons (Fsp3) is 0.375. The van der Waals surface area contributed by atoms with E-state index in [2.05, 4.69) is 16.5 Å². The van der Waals surface area contributed by atoms with Crippen LogP contribution in [-0.4, -0.2) is 22.1 Å². The Morgan fingerprint density at radius 2 is 2.24 bits per heavy atom. The summed E-state index contributed by atoms with van der Waals surface area (Å²) in [7, 11) is 1.82. The second kappa shape index (κ2) is 5.62. The lowest BCUT2D eigenvalue weighted by molar-refractivity contribution is 0.0990. The number of fused-ring (bicyclic) bond motifs is 1. The zero-order chi connectivity index (χ0) is 15.0. The molecule has 3 rings (SSSR count). The molecule has 1 aliphatic heterocycles. The molecule has 0 amide bonds. The molecular weight excluding hydrogens is 286 g/mol. The molecule has 1 aromatic heterocycles. The number of hydrogen-bond donors (Lipinski definition) is 1. The predicted molar refractivity (Wildman–Crippen MR) is 82.8 cm³/mol. The van der Waals surface area contributed by atoms with E-state index in [0.29, 0.717) is 5.02 Å². The Morgan fingerprint density at radius 1 is 1.43 bits per heavy atom. The zero-order valence-corrected chi connectivity index (χ0v) is 13.0. The van der Waals surface area contributed by atoms with Crippen molar-refractivity contribution in [2.24, 2.45) is 7.05 Å². The molecule has 0 bridgehead atoms. The quantitative estimate of drug-likeness (QED) is 0.886. The minimum atomic E-state index is 0.0771. The Morgan fingerprint density at radius 3 is 2.95 bits per heavy atom. The van der Waals surface area contributed by atoms with Gasteiger partial charge in [-0.05, 0) is 37.1 Å². The fourth-order valence-corrected chi connectivity index (χ4v) is 3.01. The molecule has 1 aliphatic rings. The number of rotatable bonds is 3. The molecule has 0 radical (unpaired) electrons. The van der Waals surface area contributed by atoms with Crippen LogP contribution in [0.1, 0.15) is 32.9 Å². The van der Waals surface area contributed by atoms with Crippen molar-refractivity contribution in [1.82, 2.24) is 15.1 Å². The minimum Gasteiger partial charge on any atom is -0.312 e. The van der Waals surface area contributed by atoms with E-state index >= 15 is 0 Å². The normalized spacial score (nSPS) is 14.0. The van der Waals surface area contributed by atoms with E-state index in [1.807, 2.05) is 26.1 Å². The third-order valence-corrected chi connectivity index (χ3v) is 4.50. The second-order valence-corrected chi connectivity index (χ2v) is 5.86. The first kappa shape index (κ1) is 14.3. The van der Waals surface area contributed by atoms with E-state index in [9.17, 15) is 4.79 Å². The number of aromatic nitrogens is 2. The van der Waals surface area contributed by atoms with Gasteiger partial charge in [-0.15, -0.1) is 0 Å². The maximum Gasteiger partial charge on any atom is 0.168 e. The summed E-state index contributed by atoms with van der Waals surface area (Å²) in [5, 5.41) is 8.17. The molecule has 2 heterocycles. The lowest BCUT2D eigenvalue weighted by Gasteiger charge is -2.17. The SMILES string of the molecule is Cc1nn(C)c(CC(=O)c2ccc3c(c2)CNCC3)c1Cl. The number of nitrogens with zero attached hydrogens (tertiary/aromatic N) is 2. The van der Waals surface area contributed by atoms with Gasteiger partial charge in [0, 0.05) is 19.2 Å². The molecule has 0 atom stereocenters. The molecule has 4 nitrogen and oxygen atoms in total. The highest BCUT2D eigenvalue weighted by Crippen LogP contribution is 2.22. The Kier molecular flexibility index (Phi) is 3.83. The van der Waals surface area contributed by atoms with Crippen LogP contribution in [0.25, 0.3) is 0 Å². The van der Waals surface area contributed by atoms with Crippen molar-refractivity contribution >= 4 is 17.4 Å². The van der Waals surface area contributed by atoms with Crippen molar-refractivity contribution in [2.45, 2.75) is 26.3 Å². The number of hydrogen-bond acceptors (Lipinski definition) is 3. The van der Waals surface area contributed by atoms with Crippen LogP contribution in [0, 0.1) is 6.92 Å². The number of ketones is 1. The molecule has 21 heavy (non-hydrogen) atoms. The molecule has 1 N–H and O–H groups in total. The summed E-state index contributed by atoms with van der Waals surface area (Å²) in [6.07, 6.45) is 1.30. The standard InChI is InChI=1S/C16H18ClN3O/c1-10-16(17)14(20(2)19-10)8-15(21)12-4-3-11-5-6-18-9-13(11)7-12/h3-4,7,18H,5-6,8-9H2,1-2H3. The summed E-state index contributed by atoms with van der Waals surface area (Å²) in [4.78, 5) is 12.5. The third kappa shape index (κ3) is 2.74. The second-order valence-electron chi connectivity index (χ2n) is 5.48. The average molecular weight is 304 g/mol. The monoisotopic (exact) mass is 303 g/mol. The van der Waals surface area contributed by atoms with Gasteiger partial charge < -0.3 is 5.32 Å². The molecule has 0 saturated carbocycles. The summed E-state index contributed by atoms with van der Waals surface area (Å²) < 4.78 is 1.69. The Balaban J connectivity index is 1.85. The summed E-state index contributed by atoms with van der Waals surface area (Å²) >= 11 is 6.22. The van der Waals surface area contributed by atoms with Crippen LogP contribution in [0.4, 0.5) is 0 Å². The van der Waals surface area contributed by atoms with Crippen LogP contribution < -0.4 is 5.32 Å². The smallest absolute Gasteiger partial charge is 0.168 e. The Bertz CT molecular complexity index is 706. The molecule has 5 heteroatoms. The number of halogens is 1. The van der Waals surface area contributed by atoms with E-state index in [1.54, 1.807) is 4.68 Å². The largest absolute Gasteiger partial charge is 0.312 e. The summed E-state index contributed by atoms with van der Waals surface area (Å²) in [6, 6.07) is 5.99.